The van der Waals surface area contributed by atoms with Crippen LogP contribution < -0.4 is 5.32 Å². The molecule has 0 amide bonds. The fraction of sp³-hybridized carbons (Fsp3) is 0.692. The Morgan fingerprint density at radius 1 is 1.47 bits per heavy atom. The third kappa shape index (κ3) is 7.19. The van der Waals surface area contributed by atoms with Gasteiger partial charge >= 0.3 is 0 Å². The fourth-order valence-electron chi connectivity index (χ4n) is 1.68. The SMILES string of the molecule is CC(C)CNCCCN(C)Cc1csc(Br)c1. The Kier molecular flexibility index (Phi) is 7.35. The van der Waals surface area contributed by atoms with Crippen LogP contribution in [0.5, 0.6) is 0 Å². The van der Waals surface area contributed by atoms with Gasteiger partial charge in [-0.1, -0.05) is 13.8 Å². The fourth-order valence-corrected chi connectivity index (χ4v) is 2.88. The first kappa shape index (κ1) is 15.2. The highest BCUT2D eigenvalue weighted by Crippen LogP contribution is 2.21. The molecule has 17 heavy (non-hydrogen) atoms. The number of thiophene rings is 1. The summed E-state index contributed by atoms with van der Waals surface area (Å²) in [7, 11) is 2.19. The molecule has 0 saturated heterocycles. The molecule has 1 N–H and O–H groups in total. The zero-order valence-corrected chi connectivity index (χ0v) is 13.4. The first-order valence-electron chi connectivity index (χ1n) is 6.20. The number of halogens is 1. The third-order valence-electron chi connectivity index (χ3n) is 2.52. The monoisotopic (exact) mass is 318 g/mol. The molecule has 4 heteroatoms. The van der Waals surface area contributed by atoms with Gasteiger partial charge in [-0.15, -0.1) is 11.3 Å². The molecule has 0 spiro atoms. The Balaban J connectivity index is 2.07. The predicted molar refractivity (Wildman–Crippen MR) is 80.7 cm³/mol. The van der Waals surface area contributed by atoms with Gasteiger partial charge in [0.25, 0.3) is 0 Å². The van der Waals surface area contributed by atoms with Crippen LogP contribution >= 0.6 is 27.3 Å². The van der Waals surface area contributed by atoms with Crippen molar-refractivity contribution in [1.82, 2.24) is 10.2 Å². The zero-order chi connectivity index (χ0) is 12.7. The number of hydrogen-bond donors (Lipinski definition) is 1. The molecular formula is C13H23BrN2S. The smallest absolute Gasteiger partial charge is 0.0701 e. The maximum absolute atomic E-state index is 3.50. The molecular weight excluding hydrogens is 296 g/mol. The van der Waals surface area contributed by atoms with E-state index >= 15 is 0 Å². The molecule has 0 unspecified atom stereocenters. The number of nitrogens with one attached hydrogen (secondary N) is 1. The minimum absolute atomic E-state index is 0.746. The van der Waals surface area contributed by atoms with E-state index in [1.165, 1.54) is 15.8 Å². The topological polar surface area (TPSA) is 15.3 Å². The van der Waals surface area contributed by atoms with E-state index in [1.807, 2.05) is 0 Å². The number of hydrogen-bond acceptors (Lipinski definition) is 3. The van der Waals surface area contributed by atoms with E-state index in [-0.39, 0.29) is 0 Å². The molecule has 0 bridgehead atoms. The van der Waals surface area contributed by atoms with Gasteiger partial charge in [-0.25, -0.2) is 0 Å². The van der Waals surface area contributed by atoms with E-state index in [9.17, 15) is 0 Å². The Labute approximate surface area is 118 Å². The van der Waals surface area contributed by atoms with Gasteiger partial charge in [0.05, 0.1) is 3.79 Å². The Bertz CT molecular complexity index is 312. The van der Waals surface area contributed by atoms with Crippen molar-refractivity contribution in [3.8, 4) is 0 Å². The predicted octanol–water partition coefficient (Wildman–Crippen LogP) is 3.58. The van der Waals surface area contributed by atoms with Gasteiger partial charge in [-0.2, -0.15) is 0 Å². The van der Waals surface area contributed by atoms with Crippen molar-refractivity contribution < 1.29 is 0 Å². The summed E-state index contributed by atoms with van der Waals surface area (Å²) in [5, 5.41) is 5.70. The number of nitrogens with zero attached hydrogens (tertiary/aromatic N) is 1. The summed E-state index contributed by atoms with van der Waals surface area (Å²) in [5.74, 6) is 0.746. The van der Waals surface area contributed by atoms with Crippen LogP contribution in [0.2, 0.25) is 0 Å². The van der Waals surface area contributed by atoms with Gasteiger partial charge in [0, 0.05) is 6.54 Å². The lowest BCUT2D eigenvalue weighted by molar-refractivity contribution is 0.319. The molecule has 0 aliphatic rings. The first-order valence-corrected chi connectivity index (χ1v) is 7.87. The lowest BCUT2D eigenvalue weighted by Gasteiger charge is -2.16. The second-order valence-electron chi connectivity index (χ2n) is 4.95. The number of rotatable bonds is 8. The maximum atomic E-state index is 3.50. The lowest BCUT2D eigenvalue weighted by atomic mass is 10.2. The van der Waals surface area contributed by atoms with E-state index in [0.717, 1.165) is 32.1 Å². The Hall–Kier alpha value is 0.100. The second-order valence-corrected chi connectivity index (χ2v) is 7.24. The van der Waals surface area contributed by atoms with Crippen LogP contribution in [0.1, 0.15) is 25.8 Å². The summed E-state index contributed by atoms with van der Waals surface area (Å²) in [6, 6.07) is 2.21. The maximum Gasteiger partial charge on any atom is 0.0701 e. The standard InChI is InChI=1S/C13H23BrN2S/c1-11(2)8-15-5-4-6-16(3)9-12-7-13(14)17-10-12/h7,10-11,15H,4-6,8-9H2,1-3H3. The molecule has 0 aliphatic heterocycles. The normalized spacial score (nSPS) is 11.6. The van der Waals surface area contributed by atoms with E-state index in [1.54, 1.807) is 11.3 Å². The third-order valence-corrected chi connectivity index (χ3v) is 4.07. The molecule has 0 aromatic carbocycles. The molecule has 2 nitrogen and oxygen atoms in total. The van der Waals surface area contributed by atoms with E-state index in [2.05, 4.69) is 58.5 Å². The van der Waals surface area contributed by atoms with Crippen LogP contribution in [0.4, 0.5) is 0 Å². The van der Waals surface area contributed by atoms with E-state index in [4.69, 9.17) is 0 Å². The molecule has 0 radical (unpaired) electrons. The largest absolute Gasteiger partial charge is 0.316 e. The minimum Gasteiger partial charge on any atom is -0.316 e. The van der Waals surface area contributed by atoms with Gasteiger partial charge < -0.3 is 10.2 Å². The summed E-state index contributed by atoms with van der Waals surface area (Å²) < 4.78 is 1.22. The average Bonchev–Trinajstić information content (AvgIpc) is 2.63. The van der Waals surface area contributed by atoms with Crippen molar-refractivity contribution in [3.63, 3.8) is 0 Å². The van der Waals surface area contributed by atoms with Gasteiger partial charge in [0.1, 0.15) is 0 Å². The summed E-state index contributed by atoms with van der Waals surface area (Å²) in [4.78, 5) is 2.38. The molecule has 0 fully saturated rings. The summed E-state index contributed by atoms with van der Waals surface area (Å²) >= 11 is 5.26. The van der Waals surface area contributed by atoms with Gasteiger partial charge in [0.2, 0.25) is 0 Å². The van der Waals surface area contributed by atoms with Crippen LogP contribution in [0.3, 0.4) is 0 Å². The summed E-state index contributed by atoms with van der Waals surface area (Å²) in [5.41, 5.74) is 1.40. The van der Waals surface area contributed by atoms with Crippen molar-refractivity contribution >= 4 is 27.3 Å². The van der Waals surface area contributed by atoms with Crippen molar-refractivity contribution in [1.29, 1.82) is 0 Å². The molecule has 1 heterocycles. The van der Waals surface area contributed by atoms with Crippen molar-refractivity contribution in [2.45, 2.75) is 26.8 Å². The van der Waals surface area contributed by atoms with Gasteiger partial charge in [-0.05, 0) is 72.0 Å². The molecule has 0 saturated carbocycles. The molecule has 98 valence electrons. The molecule has 1 aromatic heterocycles. The highest BCUT2D eigenvalue weighted by Gasteiger charge is 2.02. The highest BCUT2D eigenvalue weighted by atomic mass is 79.9. The quantitative estimate of drug-likeness (QED) is 0.737. The molecule has 0 aliphatic carbocycles. The van der Waals surface area contributed by atoms with Crippen LogP contribution in [-0.2, 0) is 6.54 Å². The summed E-state index contributed by atoms with van der Waals surface area (Å²) in [6.07, 6.45) is 1.22. The minimum atomic E-state index is 0.746. The van der Waals surface area contributed by atoms with E-state index in [0.29, 0.717) is 0 Å². The van der Waals surface area contributed by atoms with E-state index < -0.39 is 0 Å². The molecule has 0 atom stereocenters. The van der Waals surface area contributed by atoms with Crippen molar-refractivity contribution in [3.05, 3.63) is 20.8 Å². The Morgan fingerprint density at radius 3 is 2.82 bits per heavy atom. The average molecular weight is 319 g/mol. The van der Waals surface area contributed by atoms with Crippen LogP contribution in [0, 0.1) is 5.92 Å². The Morgan fingerprint density at radius 2 is 2.24 bits per heavy atom. The van der Waals surface area contributed by atoms with Crippen LogP contribution in [0.25, 0.3) is 0 Å². The second kappa shape index (κ2) is 8.25. The summed E-state index contributed by atoms with van der Waals surface area (Å²) in [6.45, 7) is 8.93. The van der Waals surface area contributed by atoms with Crippen LogP contribution in [-0.4, -0.2) is 31.6 Å². The lowest BCUT2D eigenvalue weighted by Crippen LogP contribution is -2.25. The van der Waals surface area contributed by atoms with Crippen molar-refractivity contribution in [2.24, 2.45) is 5.92 Å². The molecule has 1 aromatic rings. The van der Waals surface area contributed by atoms with Gasteiger partial charge in [-0.3, -0.25) is 0 Å². The van der Waals surface area contributed by atoms with Crippen LogP contribution in [0.15, 0.2) is 15.2 Å². The zero-order valence-electron chi connectivity index (χ0n) is 11.0. The highest BCUT2D eigenvalue weighted by molar-refractivity contribution is 9.11. The molecule has 1 rings (SSSR count). The van der Waals surface area contributed by atoms with Crippen molar-refractivity contribution in [2.75, 3.05) is 26.7 Å². The van der Waals surface area contributed by atoms with Gasteiger partial charge in [0.15, 0.2) is 0 Å². The first-order chi connectivity index (χ1) is 8.08.